The minimum absolute atomic E-state index is 0.0649. The summed E-state index contributed by atoms with van der Waals surface area (Å²) in [6.07, 6.45) is 1.56. The fourth-order valence-corrected chi connectivity index (χ4v) is 5.35. The molecule has 1 N–H and O–H groups in total. The van der Waals surface area contributed by atoms with Crippen LogP contribution in [0.25, 0.3) is 6.08 Å². The molecule has 1 amide bonds. The van der Waals surface area contributed by atoms with E-state index >= 15 is 0 Å². The van der Waals surface area contributed by atoms with E-state index in [4.69, 9.17) is 4.74 Å². The molecule has 1 atom stereocenters. The first kappa shape index (κ1) is 22.0. The van der Waals surface area contributed by atoms with Gasteiger partial charge in [0, 0.05) is 32.3 Å². The number of hydrogen-bond donors (Lipinski definition) is 1. The lowest BCUT2D eigenvalue weighted by molar-refractivity contribution is -0.286. The van der Waals surface area contributed by atoms with Crippen molar-refractivity contribution in [2.24, 2.45) is 0 Å². The molecule has 0 radical (unpaired) electrons. The molecule has 0 saturated carbocycles. The minimum Gasteiger partial charge on any atom is -0.395 e. The average molecular weight is 458 g/mol. The lowest BCUT2D eigenvalue weighted by Gasteiger charge is -2.31. The number of ether oxygens (including phenoxy) is 3. The third-order valence-electron chi connectivity index (χ3n) is 5.57. The van der Waals surface area contributed by atoms with E-state index in [2.05, 4.69) is 14.2 Å². The van der Waals surface area contributed by atoms with E-state index in [9.17, 15) is 22.0 Å². The van der Waals surface area contributed by atoms with Gasteiger partial charge < -0.3 is 19.1 Å². The summed E-state index contributed by atoms with van der Waals surface area (Å²) in [7, 11) is -3.46. The molecular formula is C20H24F2N2O6S. The van der Waals surface area contributed by atoms with E-state index in [1.807, 2.05) is 0 Å². The van der Waals surface area contributed by atoms with Crippen molar-refractivity contribution < 1.29 is 36.2 Å². The number of nitrogens with zero attached hydrogens (tertiary/aromatic N) is 1. The van der Waals surface area contributed by atoms with Crippen molar-refractivity contribution >= 4 is 22.0 Å². The molecule has 0 aliphatic carbocycles. The Morgan fingerprint density at radius 3 is 2.65 bits per heavy atom. The Labute approximate surface area is 179 Å². The fraction of sp³-hybridized carbons (Fsp3) is 0.550. The highest BCUT2D eigenvalue weighted by atomic mass is 32.2. The molecule has 170 valence electrons. The quantitative estimate of drug-likeness (QED) is 0.657. The summed E-state index contributed by atoms with van der Waals surface area (Å²) in [6, 6.07) is 4.24. The van der Waals surface area contributed by atoms with E-state index in [1.54, 1.807) is 4.90 Å². The van der Waals surface area contributed by atoms with Crippen LogP contribution < -0.4 is 14.2 Å². The predicted molar refractivity (Wildman–Crippen MR) is 107 cm³/mol. The SMILES string of the molecule is O=C(/C=C/c1ccc2c(c1)OC(F)(F)O2)N1CCC(S(=O)(=O)NC[C@H]2CCCO2)CC1. The van der Waals surface area contributed by atoms with Crippen LogP contribution in [0.2, 0.25) is 0 Å². The molecule has 0 bridgehead atoms. The van der Waals surface area contributed by atoms with E-state index in [0.717, 1.165) is 12.8 Å². The lowest BCUT2D eigenvalue weighted by atomic mass is 10.1. The van der Waals surface area contributed by atoms with Gasteiger partial charge >= 0.3 is 6.29 Å². The van der Waals surface area contributed by atoms with Crippen LogP contribution in [0.5, 0.6) is 11.5 Å². The van der Waals surface area contributed by atoms with Gasteiger partial charge in [-0.3, -0.25) is 4.79 Å². The summed E-state index contributed by atoms with van der Waals surface area (Å²) >= 11 is 0. The number of alkyl halides is 2. The summed E-state index contributed by atoms with van der Waals surface area (Å²) in [4.78, 5) is 14.0. The van der Waals surface area contributed by atoms with Crippen molar-refractivity contribution in [1.82, 2.24) is 9.62 Å². The second kappa shape index (κ2) is 8.71. The van der Waals surface area contributed by atoms with Gasteiger partial charge in [0.05, 0.1) is 11.4 Å². The highest BCUT2D eigenvalue weighted by Gasteiger charge is 2.43. The molecule has 3 heterocycles. The van der Waals surface area contributed by atoms with Crippen LogP contribution in [0.3, 0.4) is 0 Å². The van der Waals surface area contributed by atoms with Crippen molar-refractivity contribution in [3.8, 4) is 11.5 Å². The van der Waals surface area contributed by atoms with Crippen molar-refractivity contribution in [3.05, 3.63) is 29.8 Å². The molecular weight excluding hydrogens is 434 g/mol. The van der Waals surface area contributed by atoms with Gasteiger partial charge in [-0.15, -0.1) is 8.78 Å². The number of fused-ring (bicyclic) bond motifs is 1. The van der Waals surface area contributed by atoms with E-state index in [1.165, 1.54) is 30.4 Å². The van der Waals surface area contributed by atoms with Gasteiger partial charge in [0.2, 0.25) is 15.9 Å². The average Bonchev–Trinajstić information content (AvgIpc) is 3.36. The molecule has 3 aliphatic heterocycles. The Morgan fingerprint density at radius 2 is 1.94 bits per heavy atom. The lowest BCUT2D eigenvalue weighted by Crippen LogP contribution is -2.46. The molecule has 2 saturated heterocycles. The molecule has 31 heavy (non-hydrogen) atoms. The van der Waals surface area contributed by atoms with Gasteiger partial charge in [-0.05, 0) is 49.5 Å². The van der Waals surface area contributed by atoms with Gasteiger partial charge in [-0.25, -0.2) is 13.1 Å². The van der Waals surface area contributed by atoms with E-state index in [-0.39, 0.29) is 30.1 Å². The number of nitrogens with one attached hydrogen (secondary N) is 1. The zero-order valence-electron chi connectivity index (χ0n) is 16.8. The summed E-state index contributed by atoms with van der Waals surface area (Å²) in [5.41, 5.74) is 0.504. The number of rotatable bonds is 6. The third kappa shape index (κ3) is 5.34. The molecule has 0 aromatic heterocycles. The normalized spacial score (nSPS) is 23.5. The van der Waals surface area contributed by atoms with Crippen molar-refractivity contribution in [2.45, 2.75) is 43.3 Å². The number of carbonyl (C=O) groups excluding carboxylic acids is 1. The Morgan fingerprint density at radius 1 is 1.19 bits per heavy atom. The van der Waals surface area contributed by atoms with Gasteiger partial charge in [0.15, 0.2) is 11.5 Å². The number of piperidine rings is 1. The zero-order valence-corrected chi connectivity index (χ0v) is 17.6. The first-order chi connectivity index (χ1) is 14.7. The largest absolute Gasteiger partial charge is 0.586 e. The van der Waals surface area contributed by atoms with Gasteiger partial charge in [-0.1, -0.05) is 6.07 Å². The van der Waals surface area contributed by atoms with Crippen LogP contribution in [-0.2, 0) is 19.6 Å². The maximum Gasteiger partial charge on any atom is 0.586 e. The Hall–Kier alpha value is -2.24. The summed E-state index contributed by atoms with van der Waals surface area (Å²) < 4.78 is 68.0. The minimum atomic E-state index is -3.69. The Kier molecular flexibility index (Phi) is 6.18. The van der Waals surface area contributed by atoms with Crippen molar-refractivity contribution in [3.63, 3.8) is 0 Å². The fourth-order valence-electron chi connectivity index (χ4n) is 3.86. The molecule has 1 aromatic rings. The van der Waals surface area contributed by atoms with Crippen LogP contribution in [0.15, 0.2) is 24.3 Å². The molecule has 11 heteroatoms. The smallest absolute Gasteiger partial charge is 0.395 e. The number of halogens is 2. The first-order valence-corrected chi connectivity index (χ1v) is 11.7. The topological polar surface area (TPSA) is 94.2 Å². The Balaban J connectivity index is 1.27. The molecule has 0 spiro atoms. The van der Waals surface area contributed by atoms with Crippen LogP contribution in [0, 0.1) is 0 Å². The standard InChI is InChI=1S/C20H24F2N2O6S/c21-20(22)29-17-5-3-14(12-18(17)30-20)4-6-19(25)24-9-7-16(8-10-24)31(26,27)23-13-15-2-1-11-28-15/h3-6,12,15-16,23H,1-2,7-11,13H2/b6-4+/t15-/m1/s1. The Bertz CT molecular complexity index is 954. The number of hydrogen-bond acceptors (Lipinski definition) is 6. The monoisotopic (exact) mass is 458 g/mol. The zero-order chi connectivity index (χ0) is 22.1. The van der Waals surface area contributed by atoms with E-state index in [0.29, 0.717) is 38.1 Å². The number of benzene rings is 1. The van der Waals surface area contributed by atoms with Crippen LogP contribution in [-0.4, -0.2) is 63.1 Å². The predicted octanol–water partition coefficient (Wildman–Crippen LogP) is 2.11. The van der Waals surface area contributed by atoms with Crippen LogP contribution >= 0.6 is 0 Å². The second-order valence-electron chi connectivity index (χ2n) is 7.76. The first-order valence-electron chi connectivity index (χ1n) is 10.2. The number of sulfonamides is 1. The van der Waals surface area contributed by atoms with E-state index < -0.39 is 21.6 Å². The summed E-state index contributed by atoms with van der Waals surface area (Å²) in [5.74, 6) is -0.433. The van der Waals surface area contributed by atoms with Gasteiger partial charge in [0.1, 0.15) is 0 Å². The molecule has 1 aromatic carbocycles. The van der Waals surface area contributed by atoms with Crippen LogP contribution in [0.4, 0.5) is 8.78 Å². The molecule has 0 unspecified atom stereocenters. The van der Waals surface area contributed by atoms with Crippen molar-refractivity contribution in [1.29, 1.82) is 0 Å². The molecule has 2 fully saturated rings. The second-order valence-corrected chi connectivity index (χ2v) is 9.81. The van der Waals surface area contributed by atoms with Crippen molar-refractivity contribution in [2.75, 3.05) is 26.2 Å². The third-order valence-corrected chi connectivity index (χ3v) is 7.49. The summed E-state index contributed by atoms with van der Waals surface area (Å²) in [5, 5.41) is -0.544. The molecule has 4 rings (SSSR count). The maximum absolute atomic E-state index is 13.1. The maximum atomic E-state index is 13.1. The number of likely N-dealkylation sites (tertiary alicyclic amines) is 1. The van der Waals surface area contributed by atoms with Gasteiger partial charge in [-0.2, -0.15) is 0 Å². The molecule has 8 nitrogen and oxygen atoms in total. The highest BCUT2D eigenvalue weighted by Crippen LogP contribution is 2.41. The summed E-state index contributed by atoms with van der Waals surface area (Å²) in [6.45, 7) is 1.59. The number of amides is 1. The van der Waals surface area contributed by atoms with Gasteiger partial charge in [0.25, 0.3) is 0 Å². The highest BCUT2D eigenvalue weighted by molar-refractivity contribution is 7.90. The van der Waals surface area contributed by atoms with Crippen LogP contribution in [0.1, 0.15) is 31.2 Å². The number of carbonyl (C=O) groups is 1. The molecule has 3 aliphatic rings.